The maximum Gasteiger partial charge on any atom is 0.416 e. The van der Waals surface area contributed by atoms with Gasteiger partial charge in [0.1, 0.15) is 12.4 Å². The van der Waals surface area contributed by atoms with E-state index in [0.29, 0.717) is 23.0 Å². The number of hydrogen-bond donors (Lipinski definition) is 0. The Kier molecular flexibility index (Phi) is 10.3. The molecule has 0 aliphatic heterocycles. The molecule has 0 saturated carbocycles. The van der Waals surface area contributed by atoms with E-state index in [0.717, 1.165) is 29.3 Å². The molecule has 0 aliphatic rings. The number of benzene rings is 4. The minimum Gasteiger partial charge on any atom is -0.335 e. The maximum absolute atomic E-state index is 14.5. The average Bonchev–Trinajstić information content (AvgIpc) is 3.06. The summed E-state index contributed by atoms with van der Waals surface area (Å²) in [5.41, 5.74) is 1.17. The summed E-state index contributed by atoms with van der Waals surface area (Å²) < 4.78 is 69.2. The number of aryl methyl sites for hydroxylation is 2. The number of likely N-dealkylation sites (N-methyl/N-ethyl adjacent to an activating group) is 1. The van der Waals surface area contributed by atoms with E-state index in [9.17, 15) is 31.5 Å². The largest absolute Gasteiger partial charge is 0.416 e. The van der Waals surface area contributed by atoms with E-state index in [1.54, 1.807) is 45.9 Å². The molecule has 4 aromatic carbocycles. The summed E-state index contributed by atoms with van der Waals surface area (Å²) in [5, 5.41) is 0.329. The predicted molar refractivity (Wildman–Crippen MR) is 180 cm³/mol. The van der Waals surface area contributed by atoms with Gasteiger partial charge < -0.3 is 14.4 Å². The molecular formula is C38H37F5N4O2. The summed E-state index contributed by atoms with van der Waals surface area (Å²) in [4.78, 5) is 35.2. The number of carbonyl (C=O) groups excluding carboxylic acids is 1. The van der Waals surface area contributed by atoms with Gasteiger partial charge in [-0.25, -0.2) is 8.78 Å². The molecule has 49 heavy (non-hydrogen) atoms. The molecular weight excluding hydrogens is 639 g/mol. The zero-order valence-corrected chi connectivity index (χ0v) is 27.7. The van der Waals surface area contributed by atoms with Crippen molar-refractivity contribution >= 4 is 16.8 Å². The highest BCUT2D eigenvalue weighted by molar-refractivity contribution is 5.82. The van der Waals surface area contributed by atoms with Gasteiger partial charge in [-0.1, -0.05) is 60.7 Å². The summed E-state index contributed by atoms with van der Waals surface area (Å²) in [5.74, 6) is -1.92. The fourth-order valence-electron chi connectivity index (χ4n) is 5.57. The van der Waals surface area contributed by atoms with E-state index in [2.05, 4.69) is 4.98 Å². The molecule has 5 rings (SSSR count). The number of fused-ring (bicyclic) bond motifs is 1. The van der Waals surface area contributed by atoms with Crippen LogP contribution in [0.5, 0.6) is 0 Å². The summed E-state index contributed by atoms with van der Waals surface area (Å²) >= 11 is 0. The van der Waals surface area contributed by atoms with Crippen LogP contribution in [0.25, 0.3) is 22.0 Å². The Balaban J connectivity index is 1.45. The number of aromatic nitrogens is 2. The molecule has 256 valence electrons. The van der Waals surface area contributed by atoms with Crippen molar-refractivity contribution in [2.24, 2.45) is 0 Å². The SMILES string of the molecule is CN(C)C(C)(C)CN(Cc1ccc(-c2ccc(C(F)(F)F)cc2)cc1)C(=O)Cn1c(CCc2cccc(F)c2F)nc(=O)c2ccccc21. The number of rotatable bonds is 11. The van der Waals surface area contributed by atoms with Crippen molar-refractivity contribution in [3.63, 3.8) is 0 Å². The summed E-state index contributed by atoms with van der Waals surface area (Å²) in [7, 11) is 3.84. The number of carbonyl (C=O) groups is 1. The van der Waals surface area contributed by atoms with Crippen molar-refractivity contribution in [2.45, 2.75) is 51.5 Å². The molecule has 6 nitrogen and oxygen atoms in total. The highest BCUT2D eigenvalue weighted by Gasteiger charge is 2.30. The Morgan fingerprint density at radius 2 is 1.45 bits per heavy atom. The van der Waals surface area contributed by atoms with E-state index in [-0.39, 0.29) is 43.2 Å². The molecule has 0 spiro atoms. The van der Waals surface area contributed by atoms with Gasteiger partial charge >= 0.3 is 6.18 Å². The molecule has 0 radical (unpaired) electrons. The van der Waals surface area contributed by atoms with Crippen molar-refractivity contribution in [1.82, 2.24) is 19.4 Å². The first-order chi connectivity index (χ1) is 23.1. The van der Waals surface area contributed by atoms with E-state index in [1.807, 2.05) is 45.0 Å². The Hall–Kier alpha value is -4.90. The first-order valence-corrected chi connectivity index (χ1v) is 15.8. The van der Waals surface area contributed by atoms with Gasteiger partial charge in [-0.15, -0.1) is 0 Å². The van der Waals surface area contributed by atoms with Crippen LogP contribution in [0.1, 0.15) is 36.4 Å². The van der Waals surface area contributed by atoms with E-state index >= 15 is 0 Å². The van der Waals surface area contributed by atoms with Crippen LogP contribution in [0.15, 0.2) is 95.8 Å². The molecule has 0 aliphatic carbocycles. The van der Waals surface area contributed by atoms with E-state index in [1.165, 1.54) is 24.3 Å². The lowest BCUT2D eigenvalue weighted by Gasteiger charge is -2.38. The van der Waals surface area contributed by atoms with Gasteiger partial charge in [0, 0.05) is 25.0 Å². The smallest absolute Gasteiger partial charge is 0.335 e. The molecule has 1 heterocycles. The lowest BCUT2D eigenvalue weighted by Crippen LogP contribution is -2.50. The molecule has 1 aromatic heterocycles. The molecule has 0 saturated heterocycles. The maximum atomic E-state index is 14.5. The highest BCUT2D eigenvalue weighted by atomic mass is 19.4. The van der Waals surface area contributed by atoms with Crippen LogP contribution in [-0.4, -0.2) is 51.4 Å². The molecule has 0 N–H and O–H groups in total. The van der Waals surface area contributed by atoms with Crippen molar-refractivity contribution < 1.29 is 26.7 Å². The average molecular weight is 677 g/mol. The van der Waals surface area contributed by atoms with Gasteiger partial charge in [0.05, 0.1) is 16.5 Å². The van der Waals surface area contributed by atoms with E-state index in [4.69, 9.17) is 0 Å². The van der Waals surface area contributed by atoms with Crippen LogP contribution in [0.2, 0.25) is 0 Å². The molecule has 0 unspecified atom stereocenters. The number of alkyl halides is 3. The number of amides is 1. The van der Waals surface area contributed by atoms with Crippen LogP contribution < -0.4 is 5.56 Å². The van der Waals surface area contributed by atoms with Gasteiger partial charge in [0.2, 0.25) is 5.91 Å². The Morgan fingerprint density at radius 3 is 2.08 bits per heavy atom. The molecule has 11 heteroatoms. The minimum atomic E-state index is -4.42. The van der Waals surface area contributed by atoms with Crippen LogP contribution in [0, 0.1) is 11.6 Å². The molecule has 0 atom stereocenters. The normalized spacial score (nSPS) is 12.1. The quantitative estimate of drug-likeness (QED) is 0.136. The number of para-hydroxylation sites is 1. The minimum absolute atomic E-state index is 0.0607. The topological polar surface area (TPSA) is 58.4 Å². The van der Waals surface area contributed by atoms with Gasteiger partial charge in [0.15, 0.2) is 11.6 Å². The third kappa shape index (κ3) is 8.22. The standard InChI is InChI=1S/C38H37F5N4O2/c1-37(2,45(3)4)24-46(22-25-12-14-26(15-13-25)27-16-19-29(20-17-27)38(41,42)43)34(48)23-47-32-11-6-5-9-30(32)36(49)44-33(47)21-18-28-8-7-10-31(39)35(28)40/h5-17,19-20H,18,21-24H2,1-4H3. The summed E-state index contributed by atoms with van der Waals surface area (Å²) in [6, 6.07) is 23.0. The molecule has 0 bridgehead atoms. The first-order valence-electron chi connectivity index (χ1n) is 15.8. The van der Waals surface area contributed by atoms with Gasteiger partial charge in [-0.3, -0.25) is 9.59 Å². The van der Waals surface area contributed by atoms with Gasteiger partial charge in [-0.05, 0) is 86.9 Å². The number of hydrogen-bond acceptors (Lipinski definition) is 4. The second-order valence-corrected chi connectivity index (χ2v) is 12.9. The van der Waals surface area contributed by atoms with Crippen molar-refractivity contribution in [3.05, 3.63) is 135 Å². The lowest BCUT2D eigenvalue weighted by atomic mass is 10.0. The third-order valence-corrected chi connectivity index (χ3v) is 8.92. The third-order valence-electron chi connectivity index (χ3n) is 8.92. The van der Waals surface area contributed by atoms with E-state index < -0.39 is 34.5 Å². The number of halogens is 5. The predicted octanol–water partition coefficient (Wildman–Crippen LogP) is 7.51. The van der Waals surface area contributed by atoms with Crippen LogP contribution in [-0.2, 0) is 36.9 Å². The monoisotopic (exact) mass is 676 g/mol. The second kappa shape index (κ2) is 14.3. The summed E-state index contributed by atoms with van der Waals surface area (Å²) in [6.07, 6.45) is -4.27. The fraction of sp³-hybridized carbons (Fsp3) is 0.289. The Morgan fingerprint density at radius 1 is 0.816 bits per heavy atom. The Bertz CT molecular complexity index is 2000. The number of nitrogens with zero attached hydrogens (tertiary/aromatic N) is 4. The van der Waals surface area contributed by atoms with Crippen LogP contribution in [0.3, 0.4) is 0 Å². The van der Waals surface area contributed by atoms with Crippen molar-refractivity contribution in [3.8, 4) is 11.1 Å². The first kappa shape index (κ1) is 35.4. The fourth-order valence-corrected chi connectivity index (χ4v) is 5.57. The molecule has 1 amide bonds. The zero-order valence-electron chi connectivity index (χ0n) is 27.7. The van der Waals surface area contributed by atoms with Crippen molar-refractivity contribution in [2.75, 3.05) is 20.6 Å². The highest BCUT2D eigenvalue weighted by Crippen LogP contribution is 2.31. The lowest BCUT2D eigenvalue weighted by molar-refractivity contribution is -0.137. The van der Waals surface area contributed by atoms with Crippen LogP contribution >= 0.6 is 0 Å². The van der Waals surface area contributed by atoms with Gasteiger partial charge in [-0.2, -0.15) is 18.2 Å². The van der Waals surface area contributed by atoms with Crippen molar-refractivity contribution in [1.29, 1.82) is 0 Å². The summed E-state index contributed by atoms with van der Waals surface area (Å²) in [6.45, 7) is 4.43. The Labute approximate surface area is 281 Å². The molecule has 5 aromatic rings. The van der Waals surface area contributed by atoms with Crippen LogP contribution in [0.4, 0.5) is 22.0 Å². The molecule has 0 fully saturated rings. The van der Waals surface area contributed by atoms with Gasteiger partial charge in [0.25, 0.3) is 5.56 Å². The second-order valence-electron chi connectivity index (χ2n) is 12.9. The zero-order chi connectivity index (χ0) is 35.5.